The quantitative estimate of drug-likeness (QED) is 0.398. The van der Waals surface area contributed by atoms with Crippen LogP contribution < -0.4 is 10.9 Å². The highest BCUT2D eigenvalue weighted by atomic mass is 32.2. The van der Waals surface area contributed by atoms with Crippen LogP contribution in [0.2, 0.25) is 0 Å². The number of fused-ring (bicyclic) bond motifs is 1. The van der Waals surface area contributed by atoms with Crippen molar-refractivity contribution in [3.63, 3.8) is 0 Å². The van der Waals surface area contributed by atoms with E-state index in [0.717, 1.165) is 12.0 Å². The molecule has 1 fully saturated rings. The van der Waals surface area contributed by atoms with E-state index in [0.29, 0.717) is 39.3 Å². The van der Waals surface area contributed by atoms with E-state index < -0.39 is 0 Å². The number of hydrogen-bond acceptors (Lipinski definition) is 6. The zero-order valence-corrected chi connectivity index (χ0v) is 20.5. The van der Waals surface area contributed by atoms with E-state index in [9.17, 15) is 9.59 Å². The molecule has 33 heavy (non-hydrogen) atoms. The number of nitrogens with zero attached hydrogens (tertiary/aromatic N) is 3. The number of anilines is 1. The standard InChI is InChI=1S/C25H26N4O2S2/c1-16(2)14-29-24(31)20(33-25(29)32)13-19-22(26-12-11-18-7-5-4-6-8-18)27-21-10-9-17(3)15-28(21)23(19)30/h4-10,13,15-16,26H,11-12,14H2,1-3H3/b20-13+. The van der Waals surface area contributed by atoms with Gasteiger partial charge in [0.25, 0.3) is 11.5 Å². The van der Waals surface area contributed by atoms with Gasteiger partial charge >= 0.3 is 0 Å². The van der Waals surface area contributed by atoms with E-state index in [-0.39, 0.29) is 17.4 Å². The topological polar surface area (TPSA) is 66.7 Å². The molecule has 0 spiro atoms. The average Bonchev–Trinajstić information content (AvgIpc) is 3.04. The molecule has 0 aliphatic carbocycles. The number of pyridine rings is 1. The highest BCUT2D eigenvalue weighted by molar-refractivity contribution is 8.26. The van der Waals surface area contributed by atoms with Gasteiger partial charge in [0.15, 0.2) is 0 Å². The summed E-state index contributed by atoms with van der Waals surface area (Å²) in [4.78, 5) is 33.2. The molecule has 0 saturated carbocycles. The number of nitrogens with one attached hydrogen (secondary N) is 1. The normalized spacial score (nSPS) is 15.3. The first-order chi connectivity index (χ1) is 15.8. The molecule has 0 atom stereocenters. The van der Waals surface area contributed by atoms with E-state index in [4.69, 9.17) is 17.2 Å². The molecule has 3 aromatic rings. The molecule has 1 aliphatic rings. The van der Waals surface area contributed by atoms with Crippen LogP contribution in [0.5, 0.6) is 0 Å². The molecule has 6 nitrogen and oxygen atoms in total. The van der Waals surface area contributed by atoms with E-state index >= 15 is 0 Å². The Morgan fingerprint density at radius 3 is 2.64 bits per heavy atom. The summed E-state index contributed by atoms with van der Waals surface area (Å²) < 4.78 is 2.04. The number of hydrogen-bond donors (Lipinski definition) is 1. The number of carbonyl (C=O) groups is 1. The molecule has 170 valence electrons. The maximum atomic E-state index is 13.4. The molecule has 1 aliphatic heterocycles. The fourth-order valence-electron chi connectivity index (χ4n) is 3.65. The summed E-state index contributed by atoms with van der Waals surface area (Å²) in [5, 5.41) is 3.32. The first-order valence-corrected chi connectivity index (χ1v) is 12.1. The van der Waals surface area contributed by atoms with Crippen molar-refractivity contribution in [2.75, 3.05) is 18.4 Å². The summed E-state index contributed by atoms with van der Waals surface area (Å²) in [6, 6.07) is 13.9. The van der Waals surface area contributed by atoms with Gasteiger partial charge in [-0.05, 0) is 42.5 Å². The minimum atomic E-state index is -0.222. The SMILES string of the molecule is Cc1ccc2nc(NCCc3ccccc3)c(/C=C3/SC(=S)N(CC(C)C)C3=O)c(=O)n2c1. The highest BCUT2D eigenvalue weighted by Crippen LogP contribution is 2.33. The Balaban J connectivity index is 1.72. The number of carbonyl (C=O) groups excluding carboxylic acids is 1. The lowest BCUT2D eigenvalue weighted by Gasteiger charge is -2.16. The Hall–Kier alpha value is -2.97. The minimum Gasteiger partial charge on any atom is -0.369 e. The zero-order chi connectivity index (χ0) is 23.5. The van der Waals surface area contributed by atoms with Crippen molar-refractivity contribution in [1.82, 2.24) is 14.3 Å². The van der Waals surface area contributed by atoms with Crippen LogP contribution >= 0.6 is 24.0 Å². The second-order valence-corrected chi connectivity index (χ2v) is 10.1. The van der Waals surface area contributed by atoms with Crippen molar-refractivity contribution in [3.8, 4) is 0 Å². The Morgan fingerprint density at radius 1 is 1.15 bits per heavy atom. The van der Waals surface area contributed by atoms with Gasteiger partial charge in [0.2, 0.25) is 0 Å². The van der Waals surface area contributed by atoms with Crippen LogP contribution in [0.25, 0.3) is 11.7 Å². The van der Waals surface area contributed by atoms with Gasteiger partial charge in [-0.3, -0.25) is 18.9 Å². The number of aromatic nitrogens is 2. The molecule has 0 bridgehead atoms. The van der Waals surface area contributed by atoms with E-state index in [2.05, 4.69) is 17.4 Å². The second kappa shape index (κ2) is 9.89. The van der Waals surface area contributed by atoms with Crippen molar-refractivity contribution in [1.29, 1.82) is 0 Å². The molecular formula is C25H26N4O2S2. The fraction of sp³-hybridized carbons (Fsp3) is 0.280. The zero-order valence-electron chi connectivity index (χ0n) is 18.9. The lowest BCUT2D eigenvalue weighted by Crippen LogP contribution is -2.31. The first-order valence-electron chi connectivity index (χ1n) is 10.9. The molecule has 1 amide bonds. The minimum absolute atomic E-state index is 0.164. The Morgan fingerprint density at radius 2 is 1.91 bits per heavy atom. The van der Waals surface area contributed by atoms with Crippen molar-refractivity contribution in [3.05, 3.63) is 80.6 Å². The molecule has 0 unspecified atom stereocenters. The molecule has 3 heterocycles. The Kier molecular flexibility index (Phi) is 6.95. The van der Waals surface area contributed by atoms with E-state index in [1.54, 1.807) is 17.2 Å². The fourth-order valence-corrected chi connectivity index (χ4v) is 4.90. The highest BCUT2D eigenvalue weighted by Gasteiger charge is 2.32. The van der Waals surface area contributed by atoms with Crippen LogP contribution in [-0.4, -0.2) is 37.6 Å². The third kappa shape index (κ3) is 5.17. The number of thiocarbonyl (C=S) groups is 1. The summed E-state index contributed by atoms with van der Waals surface area (Å²) >= 11 is 6.66. The summed E-state index contributed by atoms with van der Waals surface area (Å²) in [5.41, 5.74) is 2.83. The van der Waals surface area contributed by atoms with Gasteiger partial charge in [0.05, 0.1) is 10.5 Å². The smallest absolute Gasteiger partial charge is 0.267 e. The van der Waals surface area contributed by atoms with Crippen molar-refractivity contribution >= 4 is 51.7 Å². The van der Waals surface area contributed by atoms with Gasteiger partial charge in [-0.15, -0.1) is 0 Å². The van der Waals surface area contributed by atoms with Crippen LogP contribution in [0.1, 0.15) is 30.5 Å². The number of aryl methyl sites for hydroxylation is 1. The lowest BCUT2D eigenvalue weighted by atomic mass is 10.1. The number of benzene rings is 1. The third-order valence-electron chi connectivity index (χ3n) is 5.25. The summed E-state index contributed by atoms with van der Waals surface area (Å²) in [5.74, 6) is 0.592. The van der Waals surface area contributed by atoms with Crippen LogP contribution in [0, 0.1) is 12.8 Å². The molecule has 1 aromatic carbocycles. The summed E-state index contributed by atoms with van der Waals surface area (Å²) in [6.07, 6.45) is 4.18. The maximum Gasteiger partial charge on any atom is 0.267 e. The largest absolute Gasteiger partial charge is 0.369 e. The Bertz CT molecular complexity index is 1300. The number of thioether (sulfide) groups is 1. The lowest BCUT2D eigenvalue weighted by molar-refractivity contribution is -0.122. The number of amides is 1. The Labute approximate surface area is 202 Å². The first kappa shape index (κ1) is 23.2. The van der Waals surface area contributed by atoms with Crippen LogP contribution in [0.3, 0.4) is 0 Å². The second-order valence-electron chi connectivity index (χ2n) is 8.46. The van der Waals surface area contributed by atoms with Gasteiger partial charge in [0, 0.05) is 19.3 Å². The third-order valence-corrected chi connectivity index (χ3v) is 6.63. The van der Waals surface area contributed by atoms with E-state index in [1.165, 1.54) is 21.7 Å². The number of rotatable bonds is 7. The van der Waals surface area contributed by atoms with Crippen LogP contribution in [-0.2, 0) is 11.2 Å². The van der Waals surface area contributed by atoms with Gasteiger partial charge < -0.3 is 5.32 Å². The van der Waals surface area contributed by atoms with Crippen molar-refractivity contribution in [2.24, 2.45) is 5.92 Å². The van der Waals surface area contributed by atoms with Gasteiger partial charge in [0.1, 0.15) is 15.8 Å². The maximum absolute atomic E-state index is 13.4. The van der Waals surface area contributed by atoms with Crippen LogP contribution in [0.4, 0.5) is 5.82 Å². The molecule has 4 rings (SSSR count). The predicted molar refractivity (Wildman–Crippen MR) is 140 cm³/mol. The predicted octanol–water partition coefficient (Wildman–Crippen LogP) is 4.51. The molecule has 8 heteroatoms. The summed E-state index contributed by atoms with van der Waals surface area (Å²) in [6.45, 7) is 7.17. The monoisotopic (exact) mass is 478 g/mol. The van der Waals surface area contributed by atoms with E-state index in [1.807, 2.05) is 51.1 Å². The van der Waals surface area contributed by atoms with Gasteiger partial charge in [-0.25, -0.2) is 4.98 Å². The van der Waals surface area contributed by atoms with Crippen LogP contribution in [0.15, 0.2) is 58.4 Å². The molecule has 1 N–H and O–H groups in total. The van der Waals surface area contributed by atoms with Crippen molar-refractivity contribution < 1.29 is 4.79 Å². The molecule has 1 saturated heterocycles. The molecule has 2 aromatic heterocycles. The molecular weight excluding hydrogens is 452 g/mol. The van der Waals surface area contributed by atoms with Crippen molar-refractivity contribution in [2.45, 2.75) is 27.2 Å². The molecule has 0 radical (unpaired) electrons. The summed E-state index contributed by atoms with van der Waals surface area (Å²) in [7, 11) is 0. The van der Waals surface area contributed by atoms with Gasteiger partial charge in [-0.2, -0.15) is 0 Å². The van der Waals surface area contributed by atoms with Gasteiger partial charge in [-0.1, -0.05) is 74.2 Å². The average molecular weight is 479 g/mol.